The van der Waals surface area contributed by atoms with Gasteiger partial charge in [0.15, 0.2) is 9.84 Å². The zero-order chi connectivity index (χ0) is 16.3. The first kappa shape index (κ1) is 17.3. The Morgan fingerprint density at radius 1 is 1.45 bits per heavy atom. The number of carbonyl (C=O) groups is 1. The Bertz CT molecular complexity index is 661. The molecule has 1 amide bonds. The summed E-state index contributed by atoms with van der Waals surface area (Å²) in [6.07, 6.45) is 0.895. The van der Waals surface area contributed by atoms with Gasteiger partial charge in [-0.05, 0) is 37.1 Å². The molecule has 22 heavy (non-hydrogen) atoms. The van der Waals surface area contributed by atoms with Crippen LogP contribution in [0.15, 0.2) is 22.7 Å². The molecule has 1 heterocycles. The number of amides is 1. The van der Waals surface area contributed by atoms with E-state index in [1.807, 2.05) is 25.1 Å². The van der Waals surface area contributed by atoms with E-state index in [0.29, 0.717) is 19.4 Å². The molecule has 122 valence electrons. The van der Waals surface area contributed by atoms with Crippen molar-refractivity contribution in [3.05, 3.63) is 28.2 Å². The summed E-state index contributed by atoms with van der Waals surface area (Å²) in [5.74, 6) is 0.253. The fraction of sp³-hybridized carbons (Fsp3) is 0.533. The van der Waals surface area contributed by atoms with Crippen molar-refractivity contribution < 1.29 is 13.2 Å². The normalized spacial score (nSPS) is 19.9. The van der Waals surface area contributed by atoms with E-state index in [2.05, 4.69) is 21.2 Å². The zero-order valence-corrected chi connectivity index (χ0v) is 15.2. The maximum atomic E-state index is 12.1. The molecule has 0 aromatic heterocycles. The topological polar surface area (TPSA) is 66.5 Å². The maximum Gasteiger partial charge on any atom is 0.224 e. The second-order valence-corrected chi connectivity index (χ2v) is 8.79. The summed E-state index contributed by atoms with van der Waals surface area (Å²) >= 11 is 3.45. The van der Waals surface area contributed by atoms with Gasteiger partial charge in [0.25, 0.3) is 0 Å². The fourth-order valence-electron chi connectivity index (χ4n) is 2.53. The van der Waals surface area contributed by atoms with Crippen LogP contribution in [0.3, 0.4) is 0 Å². The van der Waals surface area contributed by atoms with Crippen molar-refractivity contribution in [3.63, 3.8) is 0 Å². The molecule has 1 atom stereocenters. The van der Waals surface area contributed by atoms with Crippen LogP contribution in [0.4, 0.5) is 5.69 Å². The number of anilines is 1. The Morgan fingerprint density at radius 3 is 2.77 bits per heavy atom. The molecule has 1 aromatic rings. The number of aryl methyl sites for hydroxylation is 1. The van der Waals surface area contributed by atoms with Gasteiger partial charge in [0.2, 0.25) is 5.91 Å². The molecule has 7 heteroatoms. The number of sulfone groups is 1. The highest BCUT2D eigenvalue weighted by Gasteiger charge is 2.32. The van der Waals surface area contributed by atoms with Crippen molar-refractivity contribution in [1.29, 1.82) is 0 Å². The van der Waals surface area contributed by atoms with Crippen LogP contribution in [0.5, 0.6) is 0 Å². The number of nitrogens with zero attached hydrogens (tertiary/aromatic N) is 1. The molecule has 1 aromatic carbocycles. The van der Waals surface area contributed by atoms with Crippen molar-refractivity contribution in [3.8, 4) is 0 Å². The van der Waals surface area contributed by atoms with Crippen molar-refractivity contribution in [2.45, 2.75) is 25.8 Å². The summed E-state index contributed by atoms with van der Waals surface area (Å²) < 4.78 is 24.0. The van der Waals surface area contributed by atoms with Gasteiger partial charge in [-0.25, -0.2) is 8.42 Å². The van der Waals surface area contributed by atoms with Gasteiger partial charge in [0, 0.05) is 36.2 Å². The third kappa shape index (κ3) is 4.46. The number of hydrogen-bond donors (Lipinski definition) is 1. The third-order valence-electron chi connectivity index (χ3n) is 3.98. The monoisotopic (exact) mass is 388 g/mol. The summed E-state index contributed by atoms with van der Waals surface area (Å²) in [6.45, 7) is 2.54. The fourth-order valence-corrected chi connectivity index (χ4v) is 4.55. The predicted molar refractivity (Wildman–Crippen MR) is 91.8 cm³/mol. The van der Waals surface area contributed by atoms with Crippen LogP contribution in [0.1, 0.15) is 18.4 Å². The van der Waals surface area contributed by atoms with E-state index in [4.69, 9.17) is 0 Å². The van der Waals surface area contributed by atoms with Gasteiger partial charge in [-0.1, -0.05) is 15.9 Å². The number of hydrogen-bond acceptors (Lipinski definition) is 4. The van der Waals surface area contributed by atoms with Crippen LogP contribution in [-0.2, 0) is 14.6 Å². The van der Waals surface area contributed by atoms with Crippen molar-refractivity contribution in [2.75, 3.05) is 30.4 Å². The molecule has 5 nitrogen and oxygen atoms in total. The van der Waals surface area contributed by atoms with Crippen LogP contribution in [0.25, 0.3) is 0 Å². The molecule has 1 fully saturated rings. The molecule has 1 unspecified atom stereocenters. The lowest BCUT2D eigenvalue weighted by atomic mass is 10.2. The van der Waals surface area contributed by atoms with Crippen LogP contribution in [0, 0.1) is 6.92 Å². The average Bonchev–Trinajstić information content (AvgIpc) is 2.82. The highest BCUT2D eigenvalue weighted by atomic mass is 79.9. The lowest BCUT2D eigenvalue weighted by Gasteiger charge is -2.23. The molecule has 1 N–H and O–H groups in total. The quantitative estimate of drug-likeness (QED) is 0.839. The van der Waals surface area contributed by atoms with Crippen molar-refractivity contribution >= 4 is 37.4 Å². The Kier molecular flexibility index (Phi) is 5.50. The zero-order valence-electron chi connectivity index (χ0n) is 12.8. The number of benzene rings is 1. The Labute approximate surface area is 140 Å². The Morgan fingerprint density at radius 2 is 2.18 bits per heavy atom. The largest absolute Gasteiger partial charge is 0.385 e. The van der Waals surface area contributed by atoms with Gasteiger partial charge in [-0.15, -0.1) is 0 Å². The van der Waals surface area contributed by atoms with Gasteiger partial charge in [-0.3, -0.25) is 4.79 Å². The van der Waals surface area contributed by atoms with Crippen LogP contribution in [0.2, 0.25) is 0 Å². The molecular weight excluding hydrogens is 368 g/mol. The van der Waals surface area contributed by atoms with E-state index < -0.39 is 9.84 Å². The van der Waals surface area contributed by atoms with E-state index in [1.54, 1.807) is 11.9 Å². The minimum Gasteiger partial charge on any atom is -0.385 e. The summed E-state index contributed by atoms with van der Waals surface area (Å²) in [5, 5.41) is 3.22. The average molecular weight is 389 g/mol. The first-order valence-corrected chi connectivity index (χ1v) is 9.86. The molecule has 1 aliphatic rings. The minimum absolute atomic E-state index is 0.0246. The van der Waals surface area contributed by atoms with Gasteiger partial charge in [0.05, 0.1) is 11.5 Å². The number of carbonyl (C=O) groups excluding carboxylic acids is 1. The van der Waals surface area contributed by atoms with Crippen LogP contribution < -0.4 is 5.32 Å². The molecule has 1 aliphatic heterocycles. The molecule has 0 saturated carbocycles. The second-order valence-electron chi connectivity index (χ2n) is 5.70. The third-order valence-corrected chi connectivity index (χ3v) is 6.62. The standard InChI is InChI=1S/C15H21BrN2O3S/c1-11-9-12(3-4-14(11)16)17-7-5-15(19)18(2)13-6-8-22(20,21)10-13/h3-4,9,13,17H,5-8,10H2,1-2H3. The molecule has 0 spiro atoms. The maximum absolute atomic E-state index is 12.1. The lowest BCUT2D eigenvalue weighted by Crippen LogP contribution is -2.38. The van der Waals surface area contributed by atoms with Crippen molar-refractivity contribution in [1.82, 2.24) is 4.90 Å². The Balaban J connectivity index is 1.81. The summed E-state index contributed by atoms with van der Waals surface area (Å²) in [4.78, 5) is 13.7. The van der Waals surface area contributed by atoms with Gasteiger partial charge < -0.3 is 10.2 Å². The molecule has 1 saturated heterocycles. The van der Waals surface area contributed by atoms with Gasteiger partial charge in [-0.2, -0.15) is 0 Å². The van der Waals surface area contributed by atoms with E-state index in [0.717, 1.165) is 15.7 Å². The molecular formula is C15H21BrN2O3S. The molecule has 0 aliphatic carbocycles. The van der Waals surface area contributed by atoms with E-state index >= 15 is 0 Å². The summed E-state index contributed by atoms with van der Waals surface area (Å²) in [5.41, 5.74) is 2.10. The summed E-state index contributed by atoms with van der Waals surface area (Å²) in [6, 6.07) is 5.76. The SMILES string of the molecule is Cc1cc(NCCC(=O)N(C)C2CCS(=O)(=O)C2)ccc1Br. The van der Waals surface area contributed by atoms with E-state index in [9.17, 15) is 13.2 Å². The molecule has 0 bridgehead atoms. The minimum atomic E-state index is -2.96. The van der Waals surface area contributed by atoms with E-state index in [-0.39, 0.29) is 23.5 Å². The molecule has 0 radical (unpaired) electrons. The van der Waals surface area contributed by atoms with Crippen molar-refractivity contribution in [2.24, 2.45) is 0 Å². The van der Waals surface area contributed by atoms with E-state index in [1.165, 1.54) is 0 Å². The summed E-state index contributed by atoms with van der Waals surface area (Å²) in [7, 11) is -1.27. The predicted octanol–water partition coefficient (Wildman–Crippen LogP) is 2.21. The highest BCUT2D eigenvalue weighted by Crippen LogP contribution is 2.20. The number of rotatable bonds is 5. The van der Waals surface area contributed by atoms with Crippen LogP contribution >= 0.6 is 15.9 Å². The van der Waals surface area contributed by atoms with Gasteiger partial charge >= 0.3 is 0 Å². The lowest BCUT2D eigenvalue weighted by molar-refractivity contribution is -0.131. The number of halogens is 1. The van der Waals surface area contributed by atoms with Gasteiger partial charge in [0.1, 0.15) is 0 Å². The highest BCUT2D eigenvalue weighted by molar-refractivity contribution is 9.10. The second kappa shape index (κ2) is 7.00. The Hall–Kier alpha value is -1.08. The first-order valence-electron chi connectivity index (χ1n) is 7.24. The molecule has 2 rings (SSSR count). The smallest absolute Gasteiger partial charge is 0.224 e. The number of nitrogens with one attached hydrogen (secondary N) is 1. The first-order chi connectivity index (χ1) is 10.3. The van der Waals surface area contributed by atoms with Crippen LogP contribution in [-0.4, -0.2) is 50.4 Å².